The van der Waals surface area contributed by atoms with Gasteiger partial charge in [0.1, 0.15) is 12.4 Å². The lowest BCUT2D eigenvalue weighted by atomic mass is 10.1. The SMILES string of the molecule is CC(=O)Nc1ccc(NC(=O)Cn2nc(-c3ccccc3F)ccc2=O)cc1. The van der Waals surface area contributed by atoms with Crippen molar-refractivity contribution in [1.82, 2.24) is 9.78 Å². The molecule has 0 saturated heterocycles. The van der Waals surface area contributed by atoms with Crippen molar-refractivity contribution >= 4 is 23.2 Å². The third kappa shape index (κ3) is 4.67. The molecule has 28 heavy (non-hydrogen) atoms. The Morgan fingerprint density at radius 3 is 2.25 bits per heavy atom. The van der Waals surface area contributed by atoms with Gasteiger partial charge in [0.2, 0.25) is 11.8 Å². The minimum absolute atomic E-state index is 0.197. The fraction of sp³-hybridized carbons (Fsp3) is 0.100. The summed E-state index contributed by atoms with van der Waals surface area (Å²) >= 11 is 0. The Labute approximate surface area is 159 Å². The third-order valence-corrected chi connectivity index (χ3v) is 3.80. The molecule has 0 unspecified atom stereocenters. The van der Waals surface area contributed by atoms with Gasteiger partial charge in [-0.1, -0.05) is 12.1 Å². The molecule has 0 spiro atoms. The van der Waals surface area contributed by atoms with E-state index in [4.69, 9.17) is 0 Å². The monoisotopic (exact) mass is 380 g/mol. The summed E-state index contributed by atoms with van der Waals surface area (Å²) in [6.07, 6.45) is 0. The molecule has 0 aliphatic rings. The van der Waals surface area contributed by atoms with Gasteiger partial charge in [-0.3, -0.25) is 14.4 Å². The van der Waals surface area contributed by atoms with Gasteiger partial charge in [-0.25, -0.2) is 9.07 Å². The smallest absolute Gasteiger partial charge is 0.267 e. The van der Waals surface area contributed by atoms with E-state index in [-0.39, 0.29) is 23.7 Å². The molecule has 0 saturated carbocycles. The lowest BCUT2D eigenvalue weighted by Crippen LogP contribution is -2.29. The normalized spacial score (nSPS) is 10.4. The van der Waals surface area contributed by atoms with Crippen LogP contribution in [0.15, 0.2) is 65.5 Å². The molecule has 1 aromatic heterocycles. The van der Waals surface area contributed by atoms with Crippen molar-refractivity contribution < 1.29 is 14.0 Å². The number of nitrogens with one attached hydrogen (secondary N) is 2. The summed E-state index contributed by atoms with van der Waals surface area (Å²) in [5, 5.41) is 9.35. The zero-order chi connectivity index (χ0) is 20.1. The van der Waals surface area contributed by atoms with Crippen LogP contribution in [0, 0.1) is 5.82 Å². The molecule has 0 atom stereocenters. The minimum atomic E-state index is -0.476. The van der Waals surface area contributed by atoms with Crippen LogP contribution in [0.2, 0.25) is 0 Å². The summed E-state index contributed by atoms with van der Waals surface area (Å²) < 4.78 is 14.9. The molecule has 1 heterocycles. The Kier molecular flexibility index (Phi) is 5.59. The van der Waals surface area contributed by atoms with Gasteiger partial charge in [0.25, 0.3) is 5.56 Å². The summed E-state index contributed by atoms with van der Waals surface area (Å²) in [7, 11) is 0. The second-order valence-corrected chi connectivity index (χ2v) is 6.00. The summed E-state index contributed by atoms with van der Waals surface area (Å²) in [5.41, 5.74) is 1.12. The maximum Gasteiger partial charge on any atom is 0.267 e. The lowest BCUT2D eigenvalue weighted by Gasteiger charge is -2.09. The van der Waals surface area contributed by atoms with Gasteiger partial charge in [-0.15, -0.1) is 0 Å². The van der Waals surface area contributed by atoms with E-state index in [9.17, 15) is 18.8 Å². The van der Waals surface area contributed by atoms with Gasteiger partial charge in [0.15, 0.2) is 0 Å². The molecule has 0 aliphatic heterocycles. The first-order valence-electron chi connectivity index (χ1n) is 8.43. The average Bonchev–Trinajstić information content (AvgIpc) is 2.65. The van der Waals surface area contributed by atoms with Gasteiger partial charge in [-0.2, -0.15) is 5.10 Å². The van der Waals surface area contributed by atoms with Crippen LogP contribution in [0.1, 0.15) is 6.92 Å². The zero-order valence-electron chi connectivity index (χ0n) is 15.0. The van der Waals surface area contributed by atoms with Crippen LogP contribution in [0.4, 0.5) is 15.8 Å². The molecule has 0 aliphatic carbocycles. The average molecular weight is 380 g/mol. The van der Waals surface area contributed by atoms with E-state index in [0.717, 1.165) is 4.68 Å². The van der Waals surface area contributed by atoms with Crippen LogP contribution in [-0.4, -0.2) is 21.6 Å². The largest absolute Gasteiger partial charge is 0.326 e. The number of anilines is 2. The molecule has 0 radical (unpaired) electrons. The Balaban J connectivity index is 1.73. The highest BCUT2D eigenvalue weighted by Crippen LogP contribution is 2.19. The summed E-state index contributed by atoms with van der Waals surface area (Å²) in [6, 6.07) is 15.2. The number of carbonyl (C=O) groups excluding carboxylic acids is 2. The predicted molar refractivity (Wildman–Crippen MR) is 103 cm³/mol. The Bertz CT molecular complexity index is 1080. The molecule has 2 amide bonds. The Hall–Kier alpha value is -3.81. The number of hydrogen-bond acceptors (Lipinski definition) is 4. The highest BCUT2D eigenvalue weighted by Gasteiger charge is 2.11. The first-order chi connectivity index (χ1) is 13.4. The topological polar surface area (TPSA) is 93.1 Å². The van der Waals surface area contributed by atoms with Crippen LogP contribution < -0.4 is 16.2 Å². The first-order valence-corrected chi connectivity index (χ1v) is 8.43. The van der Waals surface area contributed by atoms with E-state index in [2.05, 4.69) is 15.7 Å². The molecule has 3 aromatic rings. The first kappa shape index (κ1) is 19.0. The second kappa shape index (κ2) is 8.26. The maximum absolute atomic E-state index is 13.9. The Morgan fingerprint density at radius 2 is 1.61 bits per heavy atom. The van der Waals surface area contributed by atoms with Crippen LogP contribution in [-0.2, 0) is 16.1 Å². The number of benzene rings is 2. The molecule has 7 nitrogen and oxygen atoms in total. The van der Waals surface area contributed by atoms with E-state index in [1.54, 1.807) is 42.5 Å². The number of rotatable bonds is 5. The van der Waals surface area contributed by atoms with E-state index in [1.165, 1.54) is 25.1 Å². The van der Waals surface area contributed by atoms with Gasteiger partial charge in [-0.05, 0) is 42.5 Å². The predicted octanol–water partition coefficient (Wildman–Crippen LogP) is 2.65. The number of nitrogens with zero attached hydrogens (tertiary/aromatic N) is 2. The third-order valence-electron chi connectivity index (χ3n) is 3.80. The molecule has 0 bridgehead atoms. The van der Waals surface area contributed by atoms with Crippen LogP contribution in [0.3, 0.4) is 0 Å². The van der Waals surface area contributed by atoms with Gasteiger partial charge in [0.05, 0.1) is 5.69 Å². The molecule has 2 aromatic carbocycles. The standard InChI is InChI=1S/C20H17FN4O3/c1-13(26)22-14-6-8-15(9-7-14)23-19(27)12-25-20(28)11-10-18(24-25)16-4-2-3-5-17(16)21/h2-11H,12H2,1H3,(H,22,26)(H,23,27). The number of halogens is 1. The molecular weight excluding hydrogens is 363 g/mol. The lowest BCUT2D eigenvalue weighted by molar-refractivity contribution is -0.117. The van der Waals surface area contributed by atoms with E-state index in [1.807, 2.05) is 0 Å². The molecule has 2 N–H and O–H groups in total. The van der Waals surface area contributed by atoms with Crippen molar-refractivity contribution in [1.29, 1.82) is 0 Å². The van der Waals surface area contributed by atoms with Gasteiger partial charge < -0.3 is 10.6 Å². The van der Waals surface area contributed by atoms with Crippen LogP contribution in [0.5, 0.6) is 0 Å². The minimum Gasteiger partial charge on any atom is -0.326 e. The van der Waals surface area contributed by atoms with Gasteiger partial charge >= 0.3 is 0 Å². The number of aromatic nitrogens is 2. The fourth-order valence-corrected chi connectivity index (χ4v) is 2.55. The summed E-state index contributed by atoms with van der Waals surface area (Å²) in [5.74, 6) is -1.13. The van der Waals surface area contributed by atoms with Crippen LogP contribution >= 0.6 is 0 Å². The summed E-state index contributed by atoms with van der Waals surface area (Å²) in [6.45, 7) is 1.07. The van der Waals surface area contributed by atoms with Crippen molar-refractivity contribution in [3.63, 3.8) is 0 Å². The molecule has 8 heteroatoms. The number of carbonyl (C=O) groups is 2. The van der Waals surface area contributed by atoms with Crippen molar-refractivity contribution in [2.75, 3.05) is 10.6 Å². The van der Waals surface area contributed by atoms with E-state index in [0.29, 0.717) is 11.4 Å². The highest BCUT2D eigenvalue weighted by molar-refractivity contribution is 5.92. The second-order valence-electron chi connectivity index (χ2n) is 6.00. The van der Waals surface area contributed by atoms with Crippen molar-refractivity contribution in [2.45, 2.75) is 13.5 Å². The summed E-state index contributed by atoms with van der Waals surface area (Å²) in [4.78, 5) is 35.3. The van der Waals surface area contributed by atoms with Gasteiger partial charge in [0, 0.05) is 29.9 Å². The highest BCUT2D eigenvalue weighted by atomic mass is 19.1. The molecule has 3 rings (SSSR count). The Morgan fingerprint density at radius 1 is 0.964 bits per heavy atom. The fourth-order valence-electron chi connectivity index (χ4n) is 2.55. The van der Waals surface area contributed by atoms with Crippen molar-refractivity contribution in [3.8, 4) is 11.3 Å². The number of hydrogen-bond donors (Lipinski definition) is 2. The van der Waals surface area contributed by atoms with E-state index < -0.39 is 17.3 Å². The molecular formula is C20H17FN4O3. The molecule has 0 fully saturated rings. The van der Waals surface area contributed by atoms with Crippen LogP contribution in [0.25, 0.3) is 11.3 Å². The quantitative estimate of drug-likeness (QED) is 0.712. The maximum atomic E-state index is 13.9. The van der Waals surface area contributed by atoms with Crippen molar-refractivity contribution in [2.24, 2.45) is 0 Å². The van der Waals surface area contributed by atoms with Crippen molar-refractivity contribution in [3.05, 3.63) is 76.8 Å². The van der Waals surface area contributed by atoms with E-state index >= 15 is 0 Å². The number of amides is 2. The molecule has 142 valence electrons. The zero-order valence-corrected chi connectivity index (χ0v) is 15.0.